The third-order valence-electron chi connectivity index (χ3n) is 4.22. The highest BCUT2D eigenvalue weighted by molar-refractivity contribution is 5.77. The maximum Gasteiger partial charge on any atom is 0.407 e. The van der Waals surface area contributed by atoms with Crippen LogP contribution in [-0.2, 0) is 11.3 Å². The van der Waals surface area contributed by atoms with E-state index in [0.717, 1.165) is 5.56 Å². The van der Waals surface area contributed by atoms with Crippen molar-refractivity contribution >= 4 is 12.1 Å². The molecule has 6 heteroatoms. The number of carboxylic acids is 1. The van der Waals surface area contributed by atoms with Crippen molar-refractivity contribution in [1.82, 2.24) is 9.80 Å². The van der Waals surface area contributed by atoms with Crippen LogP contribution in [0.5, 0.6) is 0 Å². The zero-order valence-corrected chi connectivity index (χ0v) is 10.8. The van der Waals surface area contributed by atoms with Crippen molar-refractivity contribution in [3.05, 3.63) is 35.9 Å². The molecule has 2 bridgehead atoms. The number of carboxylic acid groups (broad SMARTS) is 2. The van der Waals surface area contributed by atoms with Crippen LogP contribution in [0.3, 0.4) is 0 Å². The lowest BCUT2D eigenvalue weighted by Crippen LogP contribution is -2.57. The summed E-state index contributed by atoms with van der Waals surface area (Å²) in [5.41, 5.74) is 1.05. The van der Waals surface area contributed by atoms with Crippen molar-refractivity contribution in [3.8, 4) is 0 Å². The van der Waals surface area contributed by atoms with E-state index in [4.69, 9.17) is 5.11 Å². The van der Waals surface area contributed by atoms with Gasteiger partial charge in [0.25, 0.3) is 0 Å². The smallest absolute Gasteiger partial charge is 0.407 e. The summed E-state index contributed by atoms with van der Waals surface area (Å²) in [6, 6.07) is 8.49. The molecule has 0 saturated carbocycles. The molecule has 0 spiro atoms. The van der Waals surface area contributed by atoms with Crippen LogP contribution < -0.4 is 0 Å². The number of benzene rings is 1. The molecule has 2 saturated heterocycles. The van der Waals surface area contributed by atoms with Crippen molar-refractivity contribution in [3.63, 3.8) is 0 Å². The Hall–Kier alpha value is -2.08. The normalized spacial score (nSPS) is 28.8. The summed E-state index contributed by atoms with van der Waals surface area (Å²) in [6.45, 7) is 0.947. The molecule has 2 fully saturated rings. The van der Waals surface area contributed by atoms with Crippen LogP contribution in [0.1, 0.15) is 12.0 Å². The Morgan fingerprint density at radius 1 is 1.20 bits per heavy atom. The van der Waals surface area contributed by atoms with Crippen molar-refractivity contribution in [2.24, 2.45) is 0 Å². The second-order valence-electron chi connectivity index (χ2n) is 5.33. The van der Waals surface area contributed by atoms with Gasteiger partial charge in [-0.2, -0.15) is 0 Å². The lowest BCUT2D eigenvalue weighted by molar-refractivity contribution is -0.145. The van der Waals surface area contributed by atoms with Gasteiger partial charge in [0, 0.05) is 19.1 Å². The fraction of sp³-hybridized carbons (Fsp3) is 0.429. The van der Waals surface area contributed by atoms with E-state index in [2.05, 4.69) is 0 Å². The first-order valence-corrected chi connectivity index (χ1v) is 6.60. The van der Waals surface area contributed by atoms with Gasteiger partial charge in [-0.15, -0.1) is 0 Å². The van der Waals surface area contributed by atoms with E-state index in [9.17, 15) is 14.7 Å². The number of amides is 1. The summed E-state index contributed by atoms with van der Waals surface area (Å²) < 4.78 is 0. The van der Waals surface area contributed by atoms with E-state index in [-0.39, 0.29) is 6.04 Å². The number of hydrogen-bond acceptors (Lipinski definition) is 3. The first-order chi connectivity index (χ1) is 9.58. The van der Waals surface area contributed by atoms with Gasteiger partial charge in [0.15, 0.2) is 0 Å². The van der Waals surface area contributed by atoms with Crippen molar-refractivity contribution in [2.75, 3.05) is 6.54 Å². The second kappa shape index (κ2) is 4.79. The first-order valence-electron chi connectivity index (χ1n) is 6.60. The summed E-state index contributed by atoms with van der Waals surface area (Å²) in [6.07, 6.45) is -0.418. The first kappa shape index (κ1) is 12.9. The number of piperazine rings is 1. The topological polar surface area (TPSA) is 81.1 Å². The van der Waals surface area contributed by atoms with E-state index in [0.29, 0.717) is 19.5 Å². The number of nitrogens with zero attached hydrogens (tertiary/aromatic N) is 2. The van der Waals surface area contributed by atoms with E-state index < -0.39 is 24.1 Å². The molecule has 2 N–H and O–H groups in total. The largest absolute Gasteiger partial charge is 0.480 e. The monoisotopic (exact) mass is 276 g/mol. The molecule has 0 aromatic heterocycles. The Bertz CT molecular complexity index is 533. The summed E-state index contributed by atoms with van der Waals surface area (Å²) in [5, 5.41) is 18.5. The van der Waals surface area contributed by atoms with Gasteiger partial charge in [0.05, 0.1) is 6.04 Å². The maximum atomic E-state index is 11.5. The Morgan fingerprint density at radius 2 is 1.90 bits per heavy atom. The molecule has 106 valence electrons. The summed E-state index contributed by atoms with van der Waals surface area (Å²) in [5.74, 6) is -0.945. The minimum Gasteiger partial charge on any atom is -0.480 e. The highest BCUT2D eigenvalue weighted by Crippen LogP contribution is 2.37. The molecule has 0 unspecified atom stereocenters. The lowest BCUT2D eigenvalue weighted by atomic mass is 10.1. The molecule has 2 aliphatic heterocycles. The number of aliphatic carboxylic acids is 1. The molecule has 20 heavy (non-hydrogen) atoms. The summed E-state index contributed by atoms with van der Waals surface area (Å²) >= 11 is 0. The molecular formula is C14H16N2O4. The predicted molar refractivity (Wildman–Crippen MR) is 70.3 cm³/mol. The van der Waals surface area contributed by atoms with Crippen LogP contribution in [0.4, 0.5) is 4.79 Å². The molecule has 1 aromatic carbocycles. The van der Waals surface area contributed by atoms with Gasteiger partial charge in [0.1, 0.15) is 6.04 Å². The van der Waals surface area contributed by atoms with Crippen LogP contribution >= 0.6 is 0 Å². The standard InChI is InChI=1S/C14H16N2O4/c17-13(18)12-11-6-10(8-16(11)14(19)20)15(12)7-9-4-2-1-3-5-9/h1-5,10-12H,6-8H2,(H,17,18)(H,19,20)/t10-,11-,12+/m0/s1. The van der Waals surface area contributed by atoms with Gasteiger partial charge in [0.2, 0.25) is 0 Å². The van der Waals surface area contributed by atoms with Gasteiger partial charge < -0.3 is 15.1 Å². The fourth-order valence-corrected chi connectivity index (χ4v) is 3.38. The predicted octanol–water partition coefficient (Wildman–Crippen LogP) is 1.08. The second-order valence-corrected chi connectivity index (χ2v) is 5.33. The summed E-state index contributed by atoms with van der Waals surface area (Å²) in [7, 11) is 0. The number of hydrogen-bond donors (Lipinski definition) is 2. The Kier molecular flexibility index (Phi) is 3.10. The molecule has 0 aliphatic carbocycles. The van der Waals surface area contributed by atoms with Crippen LogP contribution in [0.15, 0.2) is 30.3 Å². The number of likely N-dealkylation sites (tertiary alicyclic amines) is 2. The minimum atomic E-state index is -1.02. The summed E-state index contributed by atoms with van der Waals surface area (Å²) in [4.78, 5) is 25.8. The molecule has 1 amide bonds. The van der Waals surface area contributed by atoms with Crippen molar-refractivity contribution in [1.29, 1.82) is 0 Å². The van der Waals surface area contributed by atoms with E-state index in [1.807, 2.05) is 35.2 Å². The number of carbonyl (C=O) groups is 2. The molecule has 1 aromatic rings. The fourth-order valence-electron chi connectivity index (χ4n) is 3.38. The zero-order valence-electron chi connectivity index (χ0n) is 10.8. The number of rotatable bonds is 3. The molecular weight excluding hydrogens is 260 g/mol. The minimum absolute atomic E-state index is 0.00240. The van der Waals surface area contributed by atoms with Crippen molar-refractivity contribution < 1.29 is 19.8 Å². The number of fused-ring (bicyclic) bond motifs is 2. The van der Waals surface area contributed by atoms with Gasteiger partial charge in [-0.25, -0.2) is 4.79 Å². The molecule has 2 aliphatic rings. The van der Waals surface area contributed by atoms with E-state index in [1.165, 1.54) is 4.90 Å². The molecule has 3 rings (SSSR count). The Labute approximate surface area is 116 Å². The highest BCUT2D eigenvalue weighted by atomic mass is 16.4. The van der Waals surface area contributed by atoms with Crippen LogP contribution in [0, 0.1) is 0 Å². The molecule has 0 radical (unpaired) electrons. The molecule has 6 nitrogen and oxygen atoms in total. The van der Waals surface area contributed by atoms with Gasteiger partial charge in [-0.3, -0.25) is 9.69 Å². The quantitative estimate of drug-likeness (QED) is 0.863. The lowest BCUT2D eigenvalue weighted by Gasteiger charge is -2.37. The van der Waals surface area contributed by atoms with Crippen LogP contribution in [0.25, 0.3) is 0 Å². The third kappa shape index (κ3) is 2.02. The van der Waals surface area contributed by atoms with Crippen LogP contribution in [0.2, 0.25) is 0 Å². The van der Waals surface area contributed by atoms with E-state index >= 15 is 0 Å². The SMILES string of the molecule is O=C(O)[C@H]1[C@@H]2C[C@@H](CN2C(=O)O)N1Cc1ccccc1. The Morgan fingerprint density at radius 3 is 2.50 bits per heavy atom. The van der Waals surface area contributed by atoms with E-state index in [1.54, 1.807) is 0 Å². The van der Waals surface area contributed by atoms with Gasteiger partial charge in [-0.05, 0) is 12.0 Å². The maximum absolute atomic E-state index is 11.5. The average molecular weight is 276 g/mol. The zero-order chi connectivity index (χ0) is 14.3. The molecule has 3 atom stereocenters. The molecule has 2 heterocycles. The Balaban J connectivity index is 1.82. The van der Waals surface area contributed by atoms with Crippen molar-refractivity contribution in [2.45, 2.75) is 31.1 Å². The highest BCUT2D eigenvalue weighted by Gasteiger charge is 2.54. The van der Waals surface area contributed by atoms with Crippen LogP contribution in [-0.4, -0.2) is 56.7 Å². The third-order valence-corrected chi connectivity index (χ3v) is 4.22. The van der Waals surface area contributed by atoms with Gasteiger partial charge in [-0.1, -0.05) is 30.3 Å². The average Bonchev–Trinajstić information content (AvgIpc) is 2.97. The van der Waals surface area contributed by atoms with Gasteiger partial charge >= 0.3 is 12.1 Å².